The van der Waals surface area contributed by atoms with Crippen molar-refractivity contribution in [1.29, 1.82) is 0 Å². The van der Waals surface area contributed by atoms with Gasteiger partial charge in [0.15, 0.2) is 0 Å². The Kier molecular flexibility index (Phi) is 3.85. The second-order valence-electron chi connectivity index (χ2n) is 4.13. The molecule has 2 aromatic rings. The third-order valence-electron chi connectivity index (χ3n) is 2.48. The van der Waals surface area contributed by atoms with Crippen LogP contribution in [0.2, 0.25) is 0 Å². The number of rotatable bonds is 4. The lowest BCUT2D eigenvalue weighted by Crippen LogP contribution is -2.04. The largest absolute Gasteiger partial charge is 0.433 e. The summed E-state index contributed by atoms with van der Waals surface area (Å²) in [6.07, 6.45) is 0. The van der Waals surface area contributed by atoms with Crippen LogP contribution in [0.3, 0.4) is 0 Å². The van der Waals surface area contributed by atoms with Gasteiger partial charge in [-0.05, 0) is 42.8 Å². The molecule has 3 N–H and O–H groups in total. The molecule has 2 aromatic carbocycles. The molecule has 0 aliphatic rings. The number of para-hydroxylation sites is 2. The highest BCUT2D eigenvalue weighted by atomic mass is 19.3. The molecule has 100 valence electrons. The minimum atomic E-state index is -2.86. The Bertz CT molecular complexity index is 553. The van der Waals surface area contributed by atoms with E-state index in [-0.39, 0.29) is 5.75 Å². The van der Waals surface area contributed by atoms with E-state index in [0.717, 1.165) is 11.3 Å². The van der Waals surface area contributed by atoms with E-state index in [1.807, 2.05) is 19.1 Å². The Hall–Kier alpha value is -2.30. The first-order valence-electron chi connectivity index (χ1n) is 5.72. The van der Waals surface area contributed by atoms with Crippen LogP contribution in [0.25, 0.3) is 0 Å². The van der Waals surface area contributed by atoms with Gasteiger partial charge in [-0.2, -0.15) is 8.78 Å². The van der Waals surface area contributed by atoms with Crippen LogP contribution in [0.5, 0.6) is 5.75 Å². The number of halogens is 2. The molecule has 0 heterocycles. The van der Waals surface area contributed by atoms with Crippen molar-refractivity contribution in [1.82, 2.24) is 0 Å². The van der Waals surface area contributed by atoms with Crippen molar-refractivity contribution in [3.05, 3.63) is 48.0 Å². The second kappa shape index (κ2) is 5.56. The lowest BCUT2D eigenvalue weighted by Gasteiger charge is -2.13. The molecule has 0 unspecified atom stereocenters. The molecule has 0 radical (unpaired) electrons. The molecule has 0 aliphatic carbocycles. The number of nitrogen functional groups attached to an aromatic ring is 1. The fourth-order valence-corrected chi connectivity index (χ4v) is 1.81. The number of alkyl halides is 2. The van der Waals surface area contributed by atoms with Crippen molar-refractivity contribution in [2.24, 2.45) is 0 Å². The molecule has 0 aliphatic heterocycles. The van der Waals surface area contributed by atoms with Gasteiger partial charge in [0.25, 0.3) is 0 Å². The summed E-state index contributed by atoms with van der Waals surface area (Å²) in [6.45, 7) is -0.950. The maximum absolute atomic E-state index is 12.3. The van der Waals surface area contributed by atoms with E-state index >= 15 is 0 Å². The lowest BCUT2D eigenvalue weighted by atomic mass is 10.2. The van der Waals surface area contributed by atoms with Crippen molar-refractivity contribution in [2.45, 2.75) is 13.5 Å². The normalized spacial score (nSPS) is 10.5. The standard InChI is InChI=1S/C14H14F2N2O/c1-9-6-10(17)8-11(7-9)18-12-4-2-3-5-13(12)19-14(15)16/h2-8,14,18H,17H2,1H3. The minimum Gasteiger partial charge on any atom is -0.433 e. The molecule has 3 nitrogen and oxygen atoms in total. The molecular weight excluding hydrogens is 250 g/mol. The quantitative estimate of drug-likeness (QED) is 0.823. The highest BCUT2D eigenvalue weighted by molar-refractivity contribution is 5.69. The molecular formula is C14H14F2N2O. The molecule has 0 saturated heterocycles. The predicted octanol–water partition coefficient (Wildman–Crippen LogP) is 3.92. The number of benzene rings is 2. The van der Waals surface area contributed by atoms with Gasteiger partial charge in [-0.15, -0.1) is 0 Å². The monoisotopic (exact) mass is 264 g/mol. The van der Waals surface area contributed by atoms with E-state index in [4.69, 9.17) is 5.73 Å². The van der Waals surface area contributed by atoms with E-state index in [2.05, 4.69) is 10.1 Å². The average Bonchev–Trinajstić information content (AvgIpc) is 2.29. The van der Waals surface area contributed by atoms with E-state index in [1.165, 1.54) is 6.07 Å². The fourth-order valence-electron chi connectivity index (χ4n) is 1.81. The zero-order valence-electron chi connectivity index (χ0n) is 10.4. The molecule has 19 heavy (non-hydrogen) atoms. The van der Waals surface area contributed by atoms with Crippen molar-refractivity contribution in [2.75, 3.05) is 11.1 Å². The maximum Gasteiger partial charge on any atom is 0.387 e. The summed E-state index contributed by atoms with van der Waals surface area (Å²) in [7, 11) is 0. The van der Waals surface area contributed by atoms with Gasteiger partial charge in [0.2, 0.25) is 0 Å². The van der Waals surface area contributed by atoms with Crippen LogP contribution in [-0.2, 0) is 0 Å². The number of nitrogens with two attached hydrogens (primary N) is 1. The summed E-state index contributed by atoms with van der Waals surface area (Å²) in [6, 6.07) is 11.9. The summed E-state index contributed by atoms with van der Waals surface area (Å²) in [5.41, 5.74) is 8.52. The van der Waals surface area contributed by atoms with Crippen molar-refractivity contribution >= 4 is 17.1 Å². The van der Waals surface area contributed by atoms with Gasteiger partial charge in [0, 0.05) is 11.4 Å². The van der Waals surface area contributed by atoms with Crippen molar-refractivity contribution < 1.29 is 13.5 Å². The van der Waals surface area contributed by atoms with Crippen LogP contribution in [0.4, 0.5) is 25.8 Å². The van der Waals surface area contributed by atoms with Crippen LogP contribution in [-0.4, -0.2) is 6.61 Å². The van der Waals surface area contributed by atoms with Crippen LogP contribution >= 0.6 is 0 Å². The first-order valence-corrected chi connectivity index (χ1v) is 5.72. The first-order chi connectivity index (χ1) is 9.04. The van der Waals surface area contributed by atoms with Crippen molar-refractivity contribution in [3.63, 3.8) is 0 Å². The zero-order valence-corrected chi connectivity index (χ0v) is 10.4. The summed E-state index contributed by atoms with van der Waals surface area (Å²) < 4.78 is 29.0. The number of hydrogen-bond donors (Lipinski definition) is 2. The Morgan fingerprint density at radius 3 is 2.58 bits per heavy atom. The average molecular weight is 264 g/mol. The van der Waals surface area contributed by atoms with E-state index in [1.54, 1.807) is 24.3 Å². The number of hydrogen-bond acceptors (Lipinski definition) is 3. The summed E-state index contributed by atoms with van der Waals surface area (Å²) in [4.78, 5) is 0. The molecule has 0 fully saturated rings. The van der Waals surface area contributed by atoms with Gasteiger partial charge in [-0.1, -0.05) is 12.1 Å². The molecule has 0 bridgehead atoms. The molecule has 0 atom stereocenters. The molecule has 2 rings (SSSR count). The minimum absolute atomic E-state index is 0.0950. The van der Waals surface area contributed by atoms with Crippen LogP contribution in [0.15, 0.2) is 42.5 Å². The highest BCUT2D eigenvalue weighted by Crippen LogP contribution is 2.29. The number of anilines is 3. The van der Waals surface area contributed by atoms with E-state index in [0.29, 0.717) is 11.4 Å². The molecule has 5 heteroatoms. The molecule has 0 amide bonds. The smallest absolute Gasteiger partial charge is 0.387 e. The van der Waals surface area contributed by atoms with E-state index < -0.39 is 6.61 Å². The zero-order chi connectivity index (χ0) is 13.8. The highest BCUT2D eigenvalue weighted by Gasteiger charge is 2.09. The van der Waals surface area contributed by atoms with Gasteiger partial charge in [0.1, 0.15) is 5.75 Å². The lowest BCUT2D eigenvalue weighted by molar-refractivity contribution is -0.0493. The van der Waals surface area contributed by atoms with Crippen molar-refractivity contribution in [3.8, 4) is 5.75 Å². The Morgan fingerprint density at radius 1 is 1.16 bits per heavy atom. The molecule has 0 saturated carbocycles. The Morgan fingerprint density at radius 2 is 1.89 bits per heavy atom. The van der Waals surface area contributed by atoms with Crippen LogP contribution in [0.1, 0.15) is 5.56 Å². The topological polar surface area (TPSA) is 47.3 Å². The molecule has 0 aromatic heterocycles. The summed E-state index contributed by atoms with van der Waals surface area (Å²) in [5.74, 6) is 0.0950. The number of nitrogens with one attached hydrogen (secondary N) is 1. The molecule has 0 spiro atoms. The van der Waals surface area contributed by atoms with Crippen LogP contribution < -0.4 is 15.8 Å². The first kappa shape index (κ1) is 13.1. The summed E-state index contributed by atoms with van der Waals surface area (Å²) >= 11 is 0. The Labute approximate surface area is 110 Å². The maximum atomic E-state index is 12.3. The van der Waals surface area contributed by atoms with Crippen LogP contribution in [0, 0.1) is 6.92 Å². The third-order valence-corrected chi connectivity index (χ3v) is 2.48. The van der Waals surface area contributed by atoms with Gasteiger partial charge in [0.05, 0.1) is 5.69 Å². The number of ether oxygens (including phenoxy) is 1. The second-order valence-corrected chi connectivity index (χ2v) is 4.13. The third kappa shape index (κ3) is 3.58. The van der Waals surface area contributed by atoms with Gasteiger partial charge in [-0.25, -0.2) is 0 Å². The van der Waals surface area contributed by atoms with Gasteiger partial charge >= 0.3 is 6.61 Å². The van der Waals surface area contributed by atoms with Gasteiger partial charge in [-0.3, -0.25) is 0 Å². The summed E-state index contributed by atoms with van der Waals surface area (Å²) in [5, 5.41) is 3.02. The van der Waals surface area contributed by atoms with E-state index in [9.17, 15) is 8.78 Å². The fraction of sp³-hybridized carbons (Fsp3) is 0.143. The van der Waals surface area contributed by atoms with Gasteiger partial charge < -0.3 is 15.8 Å². The predicted molar refractivity (Wildman–Crippen MR) is 71.9 cm³/mol. The SMILES string of the molecule is Cc1cc(N)cc(Nc2ccccc2OC(F)F)c1. The Balaban J connectivity index is 2.27. The number of aryl methyl sites for hydroxylation is 1.